The number of hydrogen-bond donors (Lipinski definition) is 1. The van der Waals surface area contributed by atoms with Crippen LogP contribution in [-0.2, 0) is 4.74 Å². The summed E-state index contributed by atoms with van der Waals surface area (Å²) in [5.41, 5.74) is 0. The van der Waals surface area contributed by atoms with Crippen molar-refractivity contribution in [1.82, 2.24) is 10.2 Å². The van der Waals surface area contributed by atoms with Gasteiger partial charge in [-0.1, -0.05) is 0 Å². The van der Waals surface area contributed by atoms with E-state index in [9.17, 15) is 0 Å². The molecule has 3 nitrogen and oxygen atoms in total. The van der Waals surface area contributed by atoms with E-state index in [0.717, 1.165) is 32.8 Å². The number of hydrogen-bond acceptors (Lipinski definition) is 4. The molecule has 0 aliphatic carbocycles. The van der Waals surface area contributed by atoms with Gasteiger partial charge < -0.3 is 10.1 Å². The fraction of sp³-hybridized carbons (Fsp3) is 1.00. The first-order valence-corrected chi connectivity index (χ1v) is 8.28. The first kappa shape index (κ1) is 14.6. The van der Waals surface area contributed by atoms with Gasteiger partial charge in [-0.15, -0.1) is 0 Å². The second kappa shape index (κ2) is 6.60. The number of nitrogens with one attached hydrogen (secondary N) is 1. The molecule has 2 unspecified atom stereocenters. The van der Waals surface area contributed by atoms with E-state index in [2.05, 4.69) is 42.7 Å². The molecule has 2 saturated heterocycles. The highest BCUT2D eigenvalue weighted by Crippen LogP contribution is 2.36. The van der Waals surface area contributed by atoms with Crippen molar-refractivity contribution in [3.63, 3.8) is 0 Å². The minimum atomic E-state index is 0.371. The van der Waals surface area contributed by atoms with Crippen LogP contribution in [0.1, 0.15) is 33.6 Å². The van der Waals surface area contributed by atoms with Crippen LogP contribution < -0.4 is 5.32 Å². The second-order valence-corrected chi connectivity index (χ2v) is 7.80. The SMILES string of the molecule is CC(C)N1CCOC(CNCC2(C)CCCS2)C1. The minimum Gasteiger partial charge on any atom is -0.374 e. The van der Waals surface area contributed by atoms with E-state index in [1.165, 1.54) is 18.6 Å². The highest BCUT2D eigenvalue weighted by atomic mass is 32.2. The third-order valence-electron chi connectivity index (χ3n) is 4.07. The average molecular weight is 272 g/mol. The van der Waals surface area contributed by atoms with E-state index in [1.54, 1.807) is 0 Å². The molecule has 2 aliphatic rings. The predicted octanol–water partition coefficient (Wildman–Crippen LogP) is 1.97. The molecule has 18 heavy (non-hydrogen) atoms. The Kier molecular flexibility index (Phi) is 5.36. The van der Waals surface area contributed by atoms with E-state index in [4.69, 9.17) is 4.74 Å². The van der Waals surface area contributed by atoms with Crippen molar-refractivity contribution in [2.75, 3.05) is 38.5 Å². The number of morpholine rings is 1. The topological polar surface area (TPSA) is 24.5 Å². The van der Waals surface area contributed by atoms with Crippen LogP contribution in [0.25, 0.3) is 0 Å². The lowest BCUT2D eigenvalue weighted by Crippen LogP contribution is -2.50. The molecule has 2 rings (SSSR count). The van der Waals surface area contributed by atoms with Crippen molar-refractivity contribution >= 4 is 11.8 Å². The summed E-state index contributed by atoms with van der Waals surface area (Å²) in [5.74, 6) is 1.33. The Labute approximate surface area is 116 Å². The quantitative estimate of drug-likeness (QED) is 0.827. The molecular weight excluding hydrogens is 244 g/mol. The van der Waals surface area contributed by atoms with E-state index < -0.39 is 0 Å². The molecule has 0 bridgehead atoms. The summed E-state index contributed by atoms with van der Waals surface area (Å²) in [6.45, 7) is 12.1. The van der Waals surface area contributed by atoms with Crippen LogP contribution >= 0.6 is 11.8 Å². The van der Waals surface area contributed by atoms with Crippen molar-refractivity contribution in [3.8, 4) is 0 Å². The number of rotatable bonds is 5. The van der Waals surface area contributed by atoms with Gasteiger partial charge in [0.2, 0.25) is 0 Å². The lowest BCUT2D eigenvalue weighted by Gasteiger charge is -2.36. The van der Waals surface area contributed by atoms with Crippen molar-refractivity contribution in [1.29, 1.82) is 0 Å². The zero-order chi connectivity index (χ0) is 13.0. The zero-order valence-electron chi connectivity index (χ0n) is 12.1. The molecule has 0 radical (unpaired) electrons. The predicted molar refractivity (Wildman–Crippen MR) is 79.4 cm³/mol. The smallest absolute Gasteiger partial charge is 0.0826 e. The van der Waals surface area contributed by atoms with E-state index in [0.29, 0.717) is 16.9 Å². The number of ether oxygens (including phenoxy) is 1. The van der Waals surface area contributed by atoms with E-state index >= 15 is 0 Å². The minimum absolute atomic E-state index is 0.371. The zero-order valence-corrected chi connectivity index (χ0v) is 12.9. The third-order valence-corrected chi connectivity index (χ3v) is 5.61. The monoisotopic (exact) mass is 272 g/mol. The van der Waals surface area contributed by atoms with Crippen molar-refractivity contribution in [2.45, 2.75) is 50.5 Å². The fourth-order valence-electron chi connectivity index (χ4n) is 2.81. The standard InChI is InChI=1S/C14H28N2OS/c1-12(2)16-6-7-17-13(10-16)9-15-11-14(3)5-4-8-18-14/h12-13,15H,4-11H2,1-3H3. The van der Waals surface area contributed by atoms with Crippen LogP contribution in [0.15, 0.2) is 0 Å². The molecule has 2 aliphatic heterocycles. The molecule has 0 amide bonds. The molecule has 0 spiro atoms. The van der Waals surface area contributed by atoms with Gasteiger partial charge in [0.1, 0.15) is 0 Å². The number of nitrogens with zero attached hydrogens (tertiary/aromatic N) is 1. The van der Waals surface area contributed by atoms with Gasteiger partial charge in [-0.25, -0.2) is 0 Å². The molecule has 0 aromatic heterocycles. The van der Waals surface area contributed by atoms with Crippen LogP contribution in [0, 0.1) is 0 Å². The van der Waals surface area contributed by atoms with Gasteiger partial charge in [-0.3, -0.25) is 4.90 Å². The van der Waals surface area contributed by atoms with Crippen LogP contribution in [0.2, 0.25) is 0 Å². The van der Waals surface area contributed by atoms with Gasteiger partial charge >= 0.3 is 0 Å². The lowest BCUT2D eigenvalue weighted by atomic mass is 10.1. The van der Waals surface area contributed by atoms with E-state index in [-0.39, 0.29) is 0 Å². The Morgan fingerprint density at radius 3 is 3.00 bits per heavy atom. The Balaban J connectivity index is 1.67. The van der Waals surface area contributed by atoms with Gasteiger partial charge in [0.05, 0.1) is 12.7 Å². The third kappa shape index (κ3) is 4.12. The van der Waals surface area contributed by atoms with Crippen LogP contribution in [-0.4, -0.2) is 60.3 Å². The normalized spacial score (nSPS) is 34.3. The summed E-state index contributed by atoms with van der Waals surface area (Å²) in [4.78, 5) is 2.52. The molecule has 2 fully saturated rings. The van der Waals surface area contributed by atoms with Crippen LogP contribution in [0.5, 0.6) is 0 Å². The maximum absolute atomic E-state index is 5.85. The summed E-state index contributed by atoms with van der Waals surface area (Å²) in [6.07, 6.45) is 3.11. The first-order valence-electron chi connectivity index (χ1n) is 7.29. The number of thioether (sulfide) groups is 1. The Morgan fingerprint density at radius 2 is 2.33 bits per heavy atom. The van der Waals surface area contributed by atoms with Crippen molar-refractivity contribution < 1.29 is 4.74 Å². The molecule has 1 N–H and O–H groups in total. The Hall–Kier alpha value is 0.230. The molecule has 106 valence electrons. The Morgan fingerprint density at radius 1 is 1.50 bits per heavy atom. The fourth-order valence-corrected chi connectivity index (χ4v) is 4.08. The molecule has 4 heteroatoms. The molecular formula is C14H28N2OS. The summed E-state index contributed by atoms with van der Waals surface area (Å²) in [7, 11) is 0. The summed E-state index contributed by atoms with van der Waals surface area (Å²) >= 11 is 2.12. The van der Waals surface area contributed by atoms with Crippen molar-refractivity contribution in [2.24, 2.45) is 0 Å². The van der Waals surface area contributed by atoms with Gasteiger partial charge in [0, 0.05) is 37.0 Å². The van der Waals surface area contributed by atoms with Crippen molar-refractivity contribution in [3.05, 3.63) is 0 Å². The maximum atomic E-state index is 5.85. The molecule has 0 aromatic carbocycles. The summed E-state index contributed by atoms with van der Waals surface area (Å²) in [6, 6.07) is 0.638. The second-order valence-electron chi connectivity index (χ2n) is 6.11. The Bertz CT molecular complexity index is 254. The summed E-state index contributed by atoms with van der Waals surface area (Å²) in [5, 5.41) is 3.62. The largest absolute Gasteiger partial charge is 0.374 e. The highest BCUT2D eigenvalue weighted by molar-refractivity contribution is 8.00. The maximum Gasteiger partial charge on any atom is 0.0826 e. The summed E-state index contributed by atoms with van der Waals surface area (Å²) < 4.78 is 6.31. The van der Waals surface area contributed by atoms with Gasteiger partial charge in [-0.05, 0) is 39.4 Å². The van der Waals surface area contributed by atoms with Crippen LogP contribution in [0.4, 0.5) is 0 Å². The van der Waals surface area contributed by atoms with E-state index in [1.807, 2.05) is 0 Å². The van der Waals surface area contributed by atoms with Gasteiger partial charge in [0.15, 0.2) is 0 Å². The van der Waals surface area contributed by atoms with Gasteiger partial charge in [-0.2, -0.15) is 11.8 Å². The van der Waals surface area contributed by atoms with Crippen LogP contribution in [0.3, 0.4) is 0 Å². The first-order chi connectivity index (χ1) is 8.59. The lowest BCUT2D eigenvalue weighted by molar-refractivity contribution is -0.0372. The van der Waals surface area contributed by atoms with Gasteiger partial charge in [0.25, 0.3) is 0 Å². The molecule has 0 saturated carbocycles. The molecule has 0 aromatic rings. The molecule has 2 atom stereocenters. The highest BCUT2D eigenvalue weighted by Gasteiger charge is 2.29. The average Bonchev–Trinajstić information content (AvgIpc) is 2.77. The molecule has 2 heterocycles.